The fraction of sp³-hybridized carbons (Fsp3) is 0.517. The lowest BCUT2D eigenvalue weighted by molar-refractivity contribution is -0.124. The second-order valence-corrected chi connectivity index (χ2v) is 10.4. The topological polar surface area (TPSA) is 93.1 Å². The predicted octanol–water partition coefficient (Wildman–Crippen LogP) is 5.52. The van der Waals surface area contributed by atoms with Crippen molar-refractivity contribution in [1.29, 1.82) is 0 Å². The van der Waals surface area contributed by atoms with Crippen LogP contribution in [0.15, 0.2) is 42.7 Å². The number of aromatic amines is 1. The van der Waals surface area contributed by atoms with Crippen LogP contribution in [-0.2, 0) is 22.4 Å². The average molecular weight is 506 g/mol. The molecule has 2 heterocycles. The molecule has 1 fully saturated rings. The number of carbonyl (C=O) groups is 2. The Morgan fingerprint density at radius 2 is 1.84 bits per heavy atom. The Kier molecular flexibility index (Phi) is 8.79. The van der Waals surface area contributed by atoms with E-state index < -0.39 is 5.97 Å². The number of amides is 1. The van der Waals surface area contributed by atoms with Crippen molar-refractivity contribution in [1.82, 2.24) is 20.0 Å². The molecule has 0 aliphatic heterocycles. The summed E-state index contributed by atoms with van der Waals surface area (Å²) in [7, 11) is 0. The van der Waals surface area contributed by atoms with Gasteiger partial charge in [0.05, 0.1) is 12.3 Å². The van der Waals surface area contributed by atoms with Gasteiger partial charge in [0.1, 0.15) is 5.56 Å². The summed E-state index contributed by atoms with van der Waals surface area (Å²) in [6.07, 6.45) is 10.2. The predicted molar refractivity (Wildman–Crippen MR) is 144 cm³/mol. The number of hydrogen-bond acceptors (Lipinski definition) is 5. The molecule has 0 saturated heterocycles. The second-order valence-electron chi connectivity index (χ2n) is 10.4. The summed E-state index contributed by atoms with van der Waals surface area (Å²) in [5, 5.41) is 11.8. The van der Waals surface area contributed by atoms with Crippen molar-refractivity contribution in [2.75, 3.05) is 11.5 Å². The van der Waals surface area contributed by atoms with Gasteiger partial charge in [-0.15, -0.1) is 5.10 Å². The van der Waals surface area contributed by atoms with E-state index in [1.54, 1.807) is 28.9 Å². The minimum Gasteiger partial charge on any atom is -0.462 e. The molecule has 3 aromatic rings. The molecule has 2 aromatic heterocycles. The summed E-state index contributed by atoms with van der Waals surface area (Å²) >= 11 is 0. The van der Waals surface area contributed by atoms with Gasteiger partial charge in [0.25, 0.3) is 0 Å². The molecule has 0 bridgehead atoms. The number of nitrogens with one attached hydrogen (secondary N) is 1. The van der Waals surface area contributed by atoms with Gasteiger partial charge in [-0.05, 0) is 95.4 Å². The average Bonchev–Trinajstić information content (AvgIpc) is 3.56. The summed E-state index contributed by atoms with van der Waals surface area (Å²) in [4.78, 5) is 28.3. The monoisotopic (exact) mass is 505 g/mol. The van der Waals surface area contributed by atoms with E-state index in [0.29, 0.717) is 17.3 Å². The van der Waals surface area contributed by atoms with Crippen LogP contribution in [0, 0.1) is 11.8 Å². The Bertz CT molecular complexity index is 1160. The van der Waals surface area contributed by atoms with Gasteiger partial charge in [0.2, 0.25) is 5.91 Å². The first-order valence-electron chi connectivity index (χ1n) is 13.5. The number of nitrogens with zero attached hydrogens (tertiary/aromatic N) is 4. The minimum atomic E-state index is -0.463. The summed E-state index contributed by atoms with van der Waals surface area (Å²) in [5.41, 5.74) is 3.51. The maximum atomic E-state index is 13.7. The Morgan fingerprint density at radius 1 is 1.11 bits per heavy atom. The second kappa shape index (κ2) is 12.2. The van der Waals surface area contributed by atoms with Gasteiger partial charge in [-0.3, -0.25) is 14.8 Å². The number of ether oxygens (including phenoxy) is 1. The molecule has 0 radical (unpaired) electrons. The van der Waals surface area contributed by atoms with E-state index in [1.807, 2.05) is 32.0 Å². The third-order valence-corrected chi connectivity index (χ3v) is 7.21. The number of H-pyrrole nitrogens is 1. The van der Waals surface area contributed by atoms with E-state index in [1.165, 1.54) is 5.56 Å². The molecule has 198 valence electrons. The lowest BCUT2D eigenvalue weighted by atomic mass is 9.82. The maximum Gasteiger partial charge on any atom is 0.343 e. The number of benzene rings is 1. The zero-order valence-corrected chi connectivity index (χ0v) is 22.4. The number of rotatable bonds is 10. The molecule has 1 amide bonds. The minimum absolute atomic E-state index is 0.0418. The number of anilines is 1. The Morgan fingerprint density at radius 3 is 2.46 bits per heavy atom. The lowest BCUT2D eigenvalue weighted by Crippen LogP contribution is -2.43. The molecule has 0 unspecified atom stereocenters. The number of hydrogen-bond donors (Lipinski definition) is 1. The van der Waals surface area contributed by atoms with Gasteiger partial charge >= 0.3 is 5.97 Å². The molecular weight excluding hydrogens is 466 g/mol. The smallest absolute Gasteiger partial charge is 0.343 e. The van der Waals surface area contributed by atoms with Crippen molar-refractivity contribution in [2.24, 2.45) is 11.8 Å². The van der Waals surface area contributed by atoms with Crippen molar-refractivity contribution in [2.45, 2.75) is 78.7 Å². The van der Waals surface area contributed by atoms with Gasteiger partial charge in [0.15, 0.2) is 5.82 Å². The molecule has 0 spiro atoms. The normalized spacial score (nSPS) is 17.6. The number of aryl methyl sites for hydroxylation is 2. The van der Waals surface area contributed by atoms with E-state index >= 15 is 0 Å². The van der Waals surface area contributed by atoms with Crippen LogP contribution in [0.5, 0.6) is 0 Å². The Hall–Kier alpha value is -3.42. The van der Waals surface area contributed by atoms with E-state index in [-0.39, 0.29) is 24.5 Å². The molecule has 1 saturated carbocycles. The summed E-state index contributed by atoms with van der Waals surface area (Å²) in [6.45, 7) is 8.21. The number of esters is 1. The summed E-state index contributed by atoms with van der Waals surface area (Å²) in [6, 6.07) is 10.0. The van der Waals surface area contributed by atoms with Crippen LogP contribution in [0.25, 0.3) is 5.69 Å². The molecular formula is C29H39N5O3. The SMILES string of the molecule is CCOC(=O)c1cn(-c2ccc(CCCc3ccn[nH]3)cc2)nc1N(C(=O)C1CCC(C)CC1)C(C)C. The van der Waals surface area contributed by atoms with Crippen molar-refractivity contribution < 1.29 is 14.3 Å². The van der Waals surface area contributed by atoms with E-state index in [0.717, 1.165) is 56.3 Å². The largest absolute Gasteiger partial charge is 0.462 e. The molecule has 1 N–H and O–H groups in total. The van der Waals surface area contributed by atoms with Crippen LogP contribution < -0.4 is 4.90 Å². The fourth-order valence-electron chi connectivity index (χ4n) is 5.06. The number of aromatic nitrogens is 4. The molecule has 8 heteroatoms. The molecule has 0 atom stereocenters. The first-order valence-corrected chi connectivity index (χ1v) is 13.5. The standard InChI is InChI=1S/C29H39N5O3/c1-5-37-29(36)26-19-33(25-15-11-22(12-16-25)7-6-8-24-17-18-30-31-24)32-27(26)34(20(2)3)28(35)23-13-9-21(4)10-14-23/h11-12,15-21,23H,5-10,13-14H2,1-4H3,(H,30,31). The van der Waals surface area contributed by atoms with Gasteiger partial charge < -0.3 is 4.74 Å². The number of carbonyl (C=O) groups excluding carboxylic acids is 2. The lowest BCUT2D eigenvalue weighted by Gasteiger charge is -2.32. The van der Waals surface area contributed by atoms with Gasteiger partial charge in [0, 0.05) is 30.0 Å². The summed E-state index contributed by atoms with van der Waals surface area (Å²) in [5.74, 6) is 0.569. The zero-order chi connectivity index (χ0) is 26.4. The highest BCUT2D eigenvalue weighted by Gasteiger charge is 2.34. The van der Waals surface area contributed by atoms with Crippen LogP contribution >= 0.6 is 0 Å². The molecule has 1 aromatic carbocycles. The van der Waals surface area contributed by atoms with Crippen molar-refractivity contribution >= 4 is 17.7 Å². The van der Waals surface area contributed by atoms with Crippen LogP contribution in [0.4, 0.5) is 5.82 Å². The third-order valence-electron chi connectivity index (χ3n) is 7.21. The van der Waals surface area contributed by atoms with Crippen molar-refractivity contribution in [3.8, 4) is 5.69 Å². The molecule has 4 rings (SSSR count). The van der Waals surface area contributed by atoms with E-state index in [4.69, 9.17) is 9.84 Å². The van der Waals surface area contributed by atoms with Crippen molar-refractivity contribution in [3.05, 3.63) is 59.5 Å². The highest BCUT2D eigenvalue weighted by atomic mass is 16.5. The molecule has 37 heavy (non-hydrogen) atoms. The molecule has 1 aliphatic carbocycles. The highest BCUT2D eigenvalue weighted by Crippen LogP contribution is 2.33. The Balaban J connectivity index is 1.57. The van der Waals surface area contributed by atoms with Crippen LogP contribution in [0.1, 0.15) is 81.4 Å². The fourth-order valence-corrected chi connectivity index (χ4v) is 5.06. The van der Waals surface area contributed by atoms with Crippen LogP contribution in [0.3, 0.4) is 0 Å². The van der Waals surface area contributed by atoms with Crippen molar-refractivity contribution in [3.63, 3.8) is 0 Å². The zero-order valence-electron chi connectivity index (χ0n) is 22.4. The first-order chi connectivity index (χ1) is 17.9. The van der Waals surface area contributed by atoms with Crippen LogP contribution in [-0.4, -0.2) is 44.5 Å². The van der Waals surface area contributed by atoms with Gasteiger partial charge in [-0.1, -0.05) is 19.1 Å². The van der Waals surface area contributed by atoms with E-state index in [2.05, 4.69) is 29.3 Å². The third kappa shape index (κ3) is 6.48. The Labute approximate surface area is 219 Å². The van der Waals surface area contributed by atoms with E-state index in [9.17, 15) is 9.59 Å². The van der Waals surface area contributed by atoms with Gasteiger partial charge in [-0.25, -0.2) is 9.48 Å². The quantitative estimate of drug-likeness (QED) is 0.367. The summed E-state index contributed by atoms with van der Waals surface area (Å²) < 4.78 is 7.03. The van der Waals surface area contributed by atoms with Gasteiger partial charge in [-0.2, -0.15) is 5.10 Å². The highest BCUT2D eigenvalue weighted by molar-refractivity contribution is 6.02. The van der Waals surface area contributed by atoms with Crippen LogP contribution in [0.2, 0.25) is 0 Å². The first kappa shape index (κ1) is 26.6. The molecule has 1 aliphatic rings. The molecule has 8 nitrogen and oxygen atoms in total. The maximum absolute atomic E-state index is 13.7.